The summed E-state index contributed by atoms with van der Waals surface area (Å²) in [6, 6.07) is 14.5. The number of rotatable bonds is 6. The van der Waals surface area contributed by atoms with Crippen molar-refractivity contribution in [3.63, 3.8) is 0 Å². The van der Waals surface area contributed by atoms with Crippen molar-refractivity contribution in [2.24, 2.45) is 0 Å². The Bertz CT molecular complexity index is 772. The molecular weight excluding hydrogens is 366 g/mol. The maximum Gasteiger partial charge on any atom is 0.262 e. The number of carbonyl (C=O) groups excluding carboxylic acids is 1. The van der Waals surface area contributed by atoms with Crippen LogP contribution in [0.4, 0.5) is 5.69 Å². The molecule has 1 amide bonds. The highest BCUT2D eigenvalue weighted by Crippen LogP contribution is 2.39. The predicted molar refractivity (Wildman–Crippen MR) is 110 cm³/mol. The second-order valence-electron chi connectivity index (χ2n) is 7.63. The standard InChI is InChI=1S/C20H26ClNO3Si/c1-20(2,3)26(4,5)25-18-13-9-8-12-17(18)24-14-19(23)22-16-11-7-6-10-15(16)21/h6-13H,14H2,1-5H3,(H,22,23). The van der Waals surface area contributed by atoms with Gasteiger partial charge in [0.2, 0.25) is 0 Å². The van der Waals surface area contributed by atoms with E-state index in [4.69, 9.17) is 20.8 Å². The Kier molecular flexibility index (Phi) is 6.37. The van der Waals surface area contributed by atoms with Gasteiger partial charge in [0, 0.05) is 0 Å². The number of para-hydroxylation sites is 3. The van der Waals surface area contributed by atoms with Crippen LogP contribution in [0, 0.1) is 0 Å². The minimum atomic E-state index is -2.00. The normalized spacial score (nSPS) is 11.8. The van der Waals surface area contributed by atoms with Gasteiger partial charge in [-0.2, -0.15) is 0 Å². The molecule has 1 N–H and O–H groups in total. The van der Waals surface area contributed by atoms with Crippen molar-refractivity contribution < 1.29 is 14.0 Å². The molecule has 140 valence electrons. The molecule has 26 heavy (non-hydrogen) atoms. The zero-order valence-corrected chi connectivity index (χ0v) is 17.7. The highest BCUT2D eigenvalue weighted by molar-refractivity contribution is 6.74. The Morgan fingerprint density at radius 1 is 1.04 bits per heavy atom. The van der Waals surface area contributed by atoms with E-state index < -0.39 is 8.32 Å². The van der Waals surface area contributed by atoms with E-state index in [1.54, 1.807) is 12.1 Å². The lowest BCUT2D eigenvalue weighted by molar-refractivity contribution is -0.118. The summed E-state index contributed by atoms with van der Waals surface area (Å²) < 4.78 is 12.0. The number of anilines is 1. The van der Waals surface area contributed by atoms with Gasteiger partial charge in [-0.3, -0.25) is 4.79 Å². The van der Waals surface area contributed by atoms with Crippen LogP contribution < -0.4 is 14.5 Å². The summed E-state index contributed by atoms with van der Waals surface area (Å²) in [5.41, 5.74) is 0.563. The molecule has 0 aliphatic rings. The Labute approximate surface area is 161 Å². The van der Waals surface area contributed by atoms with Gasteiger partial charge in [-0.05, 0) is 42.4 Å². The Hall–Kier alpha value is -1.98. The molecule has 0 aliphatic carbocycles. The van der Waals surface area contributed by atoms with E-state index in [2.05, 4.69) is 39.2 Å². The summed E-state index contributed by atoms with van der Waals surface area (Å²) in [7, 11) is -2.00. The van der Waals surface area contributed by atoms with E-state index in [9.17, 15) is 4.79 Å². The molecular formula is C20H26ClNO3Si. The van der Waals surface area contributed by atoms with Crippen LogP contribution in [0.25, 0.3) is 0 Å². The summed E-state index contributed by atoms with van der Waals surface area (Å²) in [6.45, 7) is 10.8. The first-order chi connectivity index (χ1) is 12.1. The first kappa shape index (κ1) is 20.3. The first-order valence-corrected chi connectivity index (χ1v) is 11.8. The van der Waals surface area contributed by atoms with Crippen LogP contribution >= 0.6 is 11.6 Å². The van der Waals surface area contributed by atoms with Gasteiger partial charge in [0.25, 0.3) is 14.2 Å². The minimum absolute atomic E-state index is 0.0710. The van der Waals surface area contributed by atoms with Crippen molar-refractivity contribution in [1.82, 2.24) is 0 Å². The average molecular weight is 392 g/mol. The van der Waals surface area contributed by atoms with E-state index in [-0.39, 0.29) is 17.6 Å². The number of benzene rings is 2. The zero-order chi connectivity index (χ0) is 19.4. The van der Waals surface area contributed by atoms with Crippen LogP contribution in [0.15, 0.2) is 48.5 Å². The topological polar surface area (TPSA) is 47.6 Å². The van der Waals surface area contributed by atoms with E-state index in [1.165, 1.54) is 0 Å². The fourth-order valence-corrected chi connectivity index (χ4v) is 3.18. The summed E-state index contributed by atoms with van der Waals surface area (Å²) in [4.78, 5) is 12.2. The van der Waals surface area contributed by atoms with Crippen molar-refractivity contribution >= 4 is 31.5 Å². The molecule has 0 saturated carbocycles. The molecule has 6 heteroatoms. The number of carbonyl (C=O) groups is 1. The van der Waals surface area contributed by atoms with Crippen molar-refractivity contribution in [1.29, 1.82) is 0 Å². The molecule has 0 fully saturated rings. The largest absolute Gasteiger partial charge is 0.541 e. The van der Waals surface area contributed by atoms with Gasteiger partial charge in [0.05, 0.1) is 10.7 Å². The molecule has 0 saturated heterocycles. The van der Waals surface area contributed by atoms with Crippen molar-refractivity contribution in [3.8, 4) is 11.5 Å². The second kappa shape index (κ2) is 8.14. The molecule has 0 bridgehead atoms. The Balaban J connectivity index is 2.04. The number of halogens is 1. The number of nitrogens with one attached hydrogen (secondary N) is 1. The third kappa shape index (κ3) is 5.26. The van der Waals surface area contributed by atoms with Gasteiger partial charge in [-0.25, -0.2) is 0 Å². The maximum atomic E-state index is 12.2. The molecule has 0 aliphatic heterocycles. The quantitative estimate of drug-likeness (QED) is 0.638. The van der Waals surface area contributed by atoms with Gasteiger partial charge in [0.15, 0.2) is 12.4 Å². The van der Waals surface area contributed by atoms with Crippen LogP contribution in [0.3, 0.4) is 0 Å². The third-order valence-electron chi connectivity index (χ3n) is 4.53. The Morgan fingerprint density at radius 3 is 2.23 bits per heavy atom. The molecule has 2 rings (SSSR count). The number of amides is 1. The molecule has 0 spiro atoms. The summed E-state index contributed by atoms with van der Waals surface area (Å²) in [6.07, 6.45) is 0. The van der Waals surface area contributed by atoms with Crippen molar-refractivity contribution in [3.05, 3.63) is 53.6 Å². The Morgan fingerprint density at radius 2 is 1.62 bits per heavy atom. The van der Waals surface area contributed by atoms with Crippen molar-refractivity contribution in [2.75, 3.05) is 11.9 Å². The average Bonchev–Trinajstić information content (AvgIpc) is 2.55. The zero-order valence-electron chi connectivity index (χ0n) is 15.9. The molecule has 0 aromatic heterocycles. The maximum absolute atomic E-state index is 12.2. The molecule has 0 atom stereocenters. The van der Waals surface area contributed by atoms with Crippen molar-refractivity contribution in [2.45, 2.75) is 38.9 Å². The molecule has 0 unspecified atom stereocenters. The fourth-order valence-electron chi connectivity index (χ4n) is 1.97. The number of ether oxygens (including phenoxy) is 1. The van der Waals surface area contributed by atoms with Gasteiger partial charge >= 0.3 is 0 Å². The molecule has 0 radical (unpaired) electrons. The molecule has 0 heterocycles. The van der Waals surface area contributed by atoms with E-state index in [0.717, 1.165) is 0 Å². The first-order valence-electron chi connectivity index (χ1n) is 8.55. The monoisotopic (exact) mass is 391 g/mol. The van der Waals surface area contributed by atoms with Gasteiger partial charge in [-0.1, -0.05) is 56.6 Å². The van der Waals surface area contributed by atoms with Crippen LogP contribution in [-0.2, 0) is 4.79 Å². The van der Waals surface area contributed by atoms with Crippen LogP contribution in [0.2, 0.25) is 23.2 Å². The molecule has 2 aromatic rings. The van der Waals surface area contributed by atoms with E-state index in [1.807, 2.05) is 36.4 Å². The smallest absolute Gasteiger partial charge is 0.262 e. The fraction of sp³-hybridized carbons (Fsp3) is 0.350. The number of hydrogen-bond acceptors (Lipinski definition) is 3. The van der Waals surface area contributed by atoms with Crippen LogP contribution in [-0.4, -0.2) is 20.8 Å². The van der Waals surface area contributed by atoms with Gasteiger partial charge in [0.1, 0.15) is 5.75 Å². The molecule has 2 aromatic carbocycles. The lowest BCUT2D eigenvalue weighted by Gasteiger charge is -2.36. The van der Waals surface area contributed by atoms with Gasteiger partial charge < -0.3 is 14.5 Å². The molecule has 4 nitrogen and oxygen atoms in total. The third-order valence-corrected chi connectivity index (χ3v) is 9.20. The predicted octanol–water partition coefficient (Wildman–Crippen LogP) is 5.74. The van der Waals surface area contributed by atoms with Crippen LogP contribution in [0.1, 0.15) is 20.8 Å². The highest BCUT2D eigenvalue weighted by Gasteiger charge is 2.39. The summed E-state index contributed by atoms with van der Waals surface area (Å²) >= 11 is 6.06. The second-order valence-corrected chi connectivity index (χ2v) is 12.8. The highest BCUT2D eigenvalue weighted by atomic mass is 35.5. The SMILES string of the molecule is CC(C)(C)[Si](C)(C)Oc1ccccc1OCC(=O)Nc1ccccc1Cl. The van der Waals surface area contributed by atoms with Crippen LogP contribution in [0.5, 0.6) is 11.5 Å². The lowest BCUT2D eigenvalue weighted by Crippen LogP contribution is -2.44. The lowest BCUT2D eigenvalue weighted by atomic mass is 10.2. The summed E-state index contributed by atoms with van der Waals surface area (Å²) in [5, 5.41) is 3.30. The summed E-state index contributed by atoms with van der Waals surface area (Å²) in [5.74, 6) is 0.955. The van der Waals surface area contributed by atoms with Gasteiger partial charge in [-0.15, -0.1) is 0 Å². The number of hydrogen-bond donors (Lipinski definition) is 1. The van der Waals surface area contributed by atoms with E-state index in [0.29, 0.717) is 22.2 Å². The minimum Gasteiger partial charge on any atom is -0.541 e. The van der Waals surface area contributed by atoms with E-state index >= 15 is 0 Å².